The molecule has 24 heavy (non-hydrogen) atoms. The van der Waals surface area contributed by atoms with Crippen LogP contribution in [0.1, 0.15) is 17.2 Å². The number of rotatable bonds is 7. The number of carbonyl (C=O) groups is 1. The van der Waals surface area contributed by atoms with Crippen LogP contribution in [0.15, 0.2) is 53.6 Å². The van der Waals surface area contributed by atoms with Crippen LogP contribution in [0, 0.1) is 0 Å². The molecule has 6 nitrogen and oxygen atoms in total. The van der Waals surface area contributed by atoms with Crippen molar-refractivity contribution in [2.24, 2.45) is 5.10 Å². The van der Waals surface area contributed by atoms with Crippen LogP contribution in [0.5, 0.6) is 11.5 Å². The Kier molecular flexibility index (Phi) is 6.33. The summed E-state index contributed by atoms with van der Waals surface area (Å²) in [5.41, 5.74) is 3.92. The molecule has 1 atom stereocenters. The number of methoxy groups -OCH3 is 3. The molecular weight excluding hydrogens is 308 g/mol. The number of hydrogen-bond donors (Lipinski definition) is 1. The highest BCUT2D eigenvalue weighted by molar-refractivity contribution is 5.87. The smallest absolute Gasteiger partial charge is 0.273 e. The number of ether oxygens (including phenoxy) is 3. The van der Waals surface area contributed by atoms with Gasteiger partial charge in [-0.3, -0.25) is 4.79 Å². The largest absolute Gasteiger partial charge is 0.493 e. The Morgan fingerprint density at radius 3 is 2.42 bits per heavy atom. The summed E-state index contributed by atoms with van der Waals surface area (Å²) in [6.07, 6.45) is 0.771. The third-order valence-electron chi connectivity index (χ3n) is 3.39. The molecule has 0 fully saturated rings. The number of nitrogens with zero attached hydrogens (tertiary/aromatic N) is 1. The maximum absolute atomic E-state index is 12.2. The van der Waals surface area contributed by atoms with Crippen molar-refractivity contribution in [3.63, 3.8) is 0 Å². The Bertz CT molecular complexity index is 701. The van der Waals surface area contributed by atoms with Gasteiger partial charge in [0.25, 0.3) is 5.91 Å². The highest BCUT2D eigenvalue weighted by Crippen LogP contribution is 2.29. The molecule has 0 aliphatic rings. The highest BCUT2D eigenvalue weighted by atomic mass is 16.5. The van der Waals surface area contributed by atoms with Crippen molar-refractivity contribution in [3.05, 3.63) is 59.7 Å². The molecule has 0 aromatic heterocycles. The van der Waals surface area contributed by atoms with Crippen molar-refractivity contribution < 1.29 is 19.0 Å². The molecule has 0 saturated carbocycles. The molecule has 126 valence electrons. The minimum absolute atomic E-state index is 0.359. The first-order valence-electron chi connectivity index (χ1n) is 7.33. The molecular formula is C18H20N2O4. The minimum atomic E-state index is -0.726. The highest BCUT2D eigenvalue weighted by Gasteiger charge is 2.19. The summed E-state index contributed by atoms with van der Waals surface area (Å²) in [7, 11) is 4.58. The number of amides is 1. The molecule has 2 aromatic carbocycles. The van der Waals surface area contributed by atoms with Gasteiger partial charge in [-0.15, -0.1) is 0 Å². The summed E-state index contributed by atoms with van der Waals surface area (Å²) in [5.74, 6) is 0.776. The number of carbonyl (C=O) groups excluding carboxylic acids is 1. The van der Waals surface area contributed by atoms with E-state index in [1.165, 1.54) is 13.3 Å². The van der Waals surface area contributed by atoms with Gasteiger partial charge in [0, 0.05) is 12.7 Å². The van der Waals surface area contributed by atoms with E-state index in [0.717, 1.165) is 5.56 Å². The number of para-hydroxylation sites is 1. The first-order chi connectivity index (χ1) is 11.7. The van der Waals surface area contributed by atoms with Crippen molar-refractivity contribution in [1.82, 2.24) is 5.43 Å². The van der Waals surface area contributed by atoms with E-state index in [9.17, 15) is 4.79 Å². The van der Waals surface area contributed by atoms with Crippen molar-refractivity contribution >= 4 is 12.1 Å². The molecule has 2 rings (SSSR count). The molecule has 1 N–H and O–H groups in total. The molecule has 0 radical (unpaired) electrons. The quantitative estimate of drug-likeness (QED) is 0.626. The van der Waals surface area contributed by atoms with E-state index in [2.05, 4.69) is 10.5 Å². The van der Waals surface area contributed by atoms with Crippen LogP contribution < -0.4 is 14.9 Å². The van der Waals surface area contributed by atoms with Crippen LogP contribution in [0.2, 0.25) is 0 Å². The van der Waals surface area contributed by atoms with Crippen molar-refractivity contribution in [2.75, 3.05) is 21.3 Å². The van der Waals surface area contributed by atoms with E-state index in [4.69, 9.17) is 14.2 Å². The molecule has 0 aliphatic heterocycles. The monoisotopic (exact) mass is 328 g/mol. The molecule has 0 spiro atoms. The van der Waals surface area contributed by atoms with Gasteiger partial charge in [0.2, 0.25) is 0 Å². The fourth-order valence-corrected chi connectivity index (χ4v) is 2.26. The van der Waals surface area contributed by atoms with Crippen LogP contribution in [-0.4, -0.2) is 33.5 Å². The Morgan fingerprint density at radius 1 is 1.04 bits per heavy atom. The van der Waals surface area contributed by atoms with Crippen molar-refractivity contribution in [3.8, 4) is 11.5 Å². The predicted octanol–water partition coefficient (Wildman–Crippen LogP) is 2.54. The van der Waals surface area contributed by atoms with Gasteiger partial charge in [-0.25, -0.2) is 5.43 Å². The second-order valence-electron chi connectivity index (χ2n) is 4.84. The molecule has 1 amide bonds. The average Bonchev–Trinajstić information content (AvgIpc) is 2.63. The lowest BCUT2D eigenvalue weighted by molar-refractivity contribution is -0.131. The van der Waals surface area contributed by atoms with E-state index in [1.807, 2.05) is 42.5 Å². The van der Waals surface area contributed by atoms with Crippen LogP contribution in [-0.2, 0) is 9.53 Å². The third-order valence-corrected chi connectivity index (χ3v) is 3.39. The lowest BCUT2D eigenvalue weighted by Crippen LogP contribution is -2.26. The van der Waals surface area contributed by atoms with Gasteiger partial charge in [0.1, 0.15) is 0 Å². The Morgan fingerprint density at radius 2 is 1.79 bits per heavy atom. The summed E-state index contributed by atoms with van der Waals surface area (Å²) in [4.78, 5) is 12.2. The van der Waals surface area contributed by atoms with Gasteiger partial charge in [-0.1, -0.05) is 36.4 Å². The maximum Gasteiger partial charge on any atom is 0.273 e. The van der Waals surface area contributed by atoms with Gasteiger partial charge in [-0.2, -0.15) is 5.10 Å². The minimum Gasteiger partial charge on any atom is -0.493 e. The van der Waals surface area contributed by atoms with Gasteiger partial charge in [-0.05, 0) is 17.7 Å². The third kappa shape index (κ3) is 4.11. The number of hydrazone groups is 1. The topological polar surface area (TPSA) is 69.2 Å². The van der Waals surface area contributed by atoms with Gasteiger partial charge >= 0.3 is 0 Å². The number of hydrogen-bond acceptors (Lipinski definition) is 5. The molecule has 2 aromatic rings. The normalized spacial score (nSPS) is 12.0. The molecule has 0 aliphatic carbocycles. The molecule has 6 heteroatoms. The second-order valence-corrected chi connectivity index (χ2v) is 4.84. The number of benzene rings is 2. The Balaban J connectivity index is 2.10. The van der Waals surface area contributed by atoms with Crippen LogP contribution in [0.25, 0.3) is 0 Å². The Labute approximate surface area is 141 Å². The lowest BCUT2D eigenvalue weighted by atomic mass is 10.1. The predicted molar refractivity (Wildman–Crippen MR) is 91.5 cm³/mol. The van der Waals surface area contributed by atoms with Crippen LogP contribution >= 0.6 is 0 Å². The average molecular weight is 328 g/mol. The fraction of sp³-hybridized carbons (Fsp3) is 0.222. The standard InChI is InChI=1S/C18H20N2O4/c1-22-15-11-7-10-14(16(15)23-2)12-19-20-18(21)17(24-3)13-8-5-4-6-9-13/h4-12,17H,1-3H3,(H,20,21)/b19-12-/t17-/m1/s1. The SMILES string of the molecule is COc1cccc(/C=N\NC(=O)[C@H](OC)c2ccccc2)c1OC. The van der Waals surface area contributed by atoms with Crippen LogP contribution in [0.3, 0.4) is 0 Å². The van der Waals surface area contributed by atoms with Crippen LogP contribution in [0.4, 0.5) is 0 Å². The molecule has 0 saturated heterocycles. The summed E-state index contributed by atoms with van der Waals surface area (Å²) < 4.78 is 15.8. The maximum atomic E-state index is 12.2. The summed E-state index contributed by atoms with van der Waals surface area (Å²) >= 11 is 0. The lowest BCUT2D eigenvalue weighted by Gasteiger charge is -2.13. The van der Waals surface area contributed by atoms with Crippen molar-refractivity contribution in [1.29, 1.82) is 0 Å². The first kappa shape index (κ1) is 17.5. The second kappa shape index (κ2) is 8.69. The van der Waals surface area contributed by atoms with E-state index >= 15 is 0 Å². The van der Waals surface area contributed by atoms with Crippen molar-refractivity contribution in [2.45, 2.75) is 6.10 Å². The molecule has 0 heterocycles. The van der Waals surface area contributed by atoms with E-state index in [0.29, 0.717) is 17.1 Å². The molecule has 0 bridgehead atoms. The zero-order valence-electron chi connectivity index (χ0n) is 13.9. The fourth-order valence-electron chi connectivity index (χ4n) is 2.26. The summed E-state index contributed by atoms with van der Waals surface area (Å²) in [5, 5.41) is 3.98. The summed E-state index contributed by atoms with van der Waals surface area (Å²) in [6.45, 7) is 0. The zero-order valence-corrected chi connectivity index (χ0v) is 13.9. The van der Waals surface area contributed by atoms with Gasteiger partial charge in [0.05, 0.1) is 20.4 Å². The van der Waals surface area contributed by atoms with E-state index in [1.54, 1.807) is 20.3 Å². The van der Waals surface area contributed by atoms with Gasteiger partial charge in [0.15, 0.2) is 17.6 Å². The molecule has 0 unspecified atom stereocenters. The van der Waals surface area contributed by atoms with E-state index in [-0.39, 0.29) is 5.91 Å². The zero-order chi connectivity index (χ0) is 17.4. The number of nitrogens with one attached hydrogen (secondary N) is 1. The van der Waals surface area contributed by atoms with E-state index < -0.39 is 6.10 Å². The van der Waals surface area contributed by atoms with Gasteiger partial charge < -0.3 is 14.2 Å². The first-order valence-corrected chi connectivity index (χ1v) is 7.33. The summed E-state index contributed by atoms with van der Waals surface area (Å²) in [6, 6.07) is 14.6. The Hall–Kier alpha value is -2.86.